The average Bonchev–Trinajstić information content (AvgIpc) is 3.13. The number of carbonyl (C=O) groups excluding carboxylic acids is 1. The van der Waals surface area contributed by atoms with E-state index in [1.54, 1.807) is 20.3 Å². The molecule has 7 nitrogen and oxygen atoms in total. The minimum Gasteiger partial charge on any atom is -0.435 e. The summed E-state index contributed by atoms with van der Waals surface area (Å²) in [4.78, 5) is 20.0. The lowest BCUT2D eigenvalue weighted by Crippen LogP contribution is -2.52. The SMILES string of the molecule is COCCN1C(=O)C2(N=C1N)c1cc(OC(F)F)ccc1C[C@]21CC[C@@H](OC)CC1. The molecule has 1 aliphatic heterocycles. The van der Waals surface area contributed by atoms with E-state index in [9.17, 15) is 13.6 Å². The van der Waals surface area contributed by atoms with E-state index in [1.807, 2.05) is 0 Å². The van der Waals surface area contributed by atoms with E-state index in [0.717, 1.165) is 31.2 Å². The first-order chi connectivity index (χ1) is 14.4. The van der Waals surface area contributed by atoms with Crippen LogP contribution in [0.15, 0.2) is 23.2 Å². The Labute approximate surface area is 174 Å². The molecule has 2 aliphatic carbocycles. The number of nitrogens with zero attached hydrogens (tertiary/aromatic N) is 2. The number of hydrogen-bond donors (Lipinski definition) is 1. The zero-order valence-corrected chi connectivity index (χ0v) is 17.2. The monoisotopic (exact) mass is 423 g/mol. The van der Waals surface area contributed by atoms with Crippen molar-refractivity contribution in [2.45, 2.75) is 50.4 Å². The van der Waals surface area contributed by atoms with Crippen molar-refractivity contribution in [1.82, 2.24) is 4.90 Å². The van der Waals surface area contributed by atoms with Crippen LogP contribution < -0.4 is 10.5 Å². The summed E-state index contributed by atoms with van der Waals surface area (Å²) < 4.78 is 41.0. The van der Waals surface area contributed by atoms with Crippen LogP contribution in [0.4, 0.5) is 8.78 Å². The van der Waals surface area contributed by atoms with Crippen molar-refractivity contribution in [1.29, 1.82) is 0 Å². The maximum absolute atomic E-state index is 13.8. The largest absolute Gasteiger partial charge is 0.435 e. The second kappa shape index (κ2) is 7.77. The number of carbonyl (C=O) groups is 1. The van der Waals surface area contributed by atoms with Gasteiger partial charge in [0.05, 0.1) is 19.3 Å². The molecule has 1 atom stereocenters. The zero-order chi connectivity index (χ0) is 21.5. The van der Waals surface area contributed by atoms with Crippen LogP contribution in [-0.2, 0) is 26.2 Å². The third-order valence-electron chi connectivity index (χ3n) is 6.85. The highest BCUT2D eigenvalue weighted by molar-refractivity contribution is 6.08. The first kappa shape index (κ1) is 21.0. The molecule has 2 spiro atoms. The van der Waals surface area contributed by atoms with Gasteiger partial charge >= 0.3 is 6.61 Å². The number of nitrogens with two attached hydrogens (primary N) is 1. The molecular weight excluding hydrogens is 396 g/mol. The first-order valence-corrected chi connectivity index (χ1v) is 10.1. The quantitative estimate of drug-likeness (QED) is 0.760. The van der Waals surface area contributed by atoms with E-state index in [-0.39, 0.29) is 30.3 Å². The van der Waals surface area contributed by atoms with E-state index >= 15 is 0 Å². The fraction of sp³-hybridized carbons (Fsp3) is 0.619. The number of halogens is 2. The van der Waals surface area contributed by atoms with Gasteiger partial charge in [0, 0.05) is 19.6 Å². The molecule has 1 saturated carbocycles. The summed E-state index contributed by atoms with van der Waals surface area (Å²) in [6.45, 7) is -2.35. The molecule has 1 aromatic rings. The van der Waals surface area contributed by atoms with Gasteiger partial charge in [0.15, 0.2) is 11.5 Å². The Hall–Kier alpha value is -2.26. The molecule has 1 amide bonds. The van der Waals surface area contributed by atoms with Gasteiger partial charge in [-0.05, 0) is 55.4 Å². The van der Waals surface area contributed by atoms with Crippen LogP contribution in [-0.4, -0.2) is 56.9 Å². The third-order valence-corrected chi connectivity index (χ3v) is 6.85. The van der Waals surface area contributed by atoms with Gasteiger partial charge in [-0.3, -0.25) is 9.69 Å². The van der Waals surface area contributed by atoms with E-state index in [4.69, 9.17) is 20.2 Å². The van der Waals surface area contributed by atoms with Crippen LogP contribution in [0.25, 0.3) is 0 Å². The molecule has 0 saturated heterocycles. The van der Waals surface area contributed by atoms with Gasteiger partial charge in [0.1, 0.15) is 5.75 Å². The first-order valence-electron chi connectivity index (χ1n) is 10.1. The predicted molar refractivity (Wildman–Crippen MR) is 105 cm³/mol. The van der Waals surface area contributed by atoms with Gasteiger partial charge < -0.3 is 19.9 Å². The molecule has 1 fully saturated rings. The molecule has 0 aromatic heterocycles. The number of guanidine groups is 1. The van der Waals surface area contributed by atoms with Crippen molar-refractivity contribution in [3.8, 4) is 5.75 Å². The number of ether oxygens (including phenoxy) is 3. The molecule has 2 N–H and O–H groups in total. The van der Waals surface area contributed by atoms with E-state index < -0.39 is 17.6 Å². The Morgan fingerprint density at radius 2 is 2.03 bits per heavy atom. The van der Waals surface area contributed by atoms with Gasteiger partial charge in [-0.1, -0.05) is 6.07 Å². The second-order valence-corrected chi connectivity index (χ2v) is 8.22. The molecule has 30 heavy (non-hydrogen) atoms. The van der Waals surface area contributed by atoms with Crippen molar-refractivity contribution in [2.75, 3.05) is 27.4 Å². The van der Waals surface area contributed by atoms with Crippen LogP contribution in [0.3, 0.4) is 0 Å². The van der Waals surface area contributed by atoms with Crippen LogP contribution in [0.1, 0.15) is 36.8 Å². The molecule has 3 aliphatic rings. The fourth-order valence-electron chi connectivity index (χ4n) is 5.42. The number of hydrogen-bond acceptors (Lipinski definition) is 6. The van der Waals surface area contributed by atoms with Crippen molar-refractivity contribution in [3.63, 3.8) is 0 Å². The van der Waals surface area contributed by atoms with Crippen LogP contribution in [0.5, 0.6) is 5.75 Å². The molecule has 0 bridgehead atoms. The topological polar surface area (TPSA) is 86.4 Å². The summed E-state index contributed by atoms with van der Waals surface area (Å²) in [5.74, 6) is -0.0677. The van der Waals surface area contributed by atoms with Crippen molar-refractivity contribution in [3.05, 3.63) is 29.3 Å². The molecule has 164 valence electrons. The molecule has 9 heteroatoms. The summed E-state index contributed by atoms with van der Waals surface area (Å²) in [5.41, 5.74) is 6.03. The van der Waals surface area contributed by atoms with E-state index in [0.29, 0.717) is 18.6 Å². The predicted octanol–water partition coefficient (Wildman–Crippen LogP) is 2.42. The lowest BCUT2D eigenvalue weighted by Gasteiger charge is -2.45. The number of alkyl halides is 2. The molecule has 1 heterocycles. The normalized spacial score (nSPS) is 30.4. The summed E-state index contributed by atoms with van der Waals surface area (Å²) in [6.07, 6.45) is 3.82. The van der Waals surface area contributed by atoms with Crippen LogP contribution in [0, 0.1) is 5.41 Å². The number of amides is 1. The standard InChI is InChI=1S/C21H27F2N3O4/c1-28-10-9-26-17(27)21(25-19(26)24)16-11-15(30-18(22)23)4-3-13(16)12-20(21)7-5-14(29-2)6-8-20/h3-4,11,14,18H,5-10,12H2,1-2H3,(H2,24,25)/t14-,20-,21?. The number of benzene rings is 1. The Balaban J connectivity index is 1.81. The van der Waals surface area contributed by atoms with Gasteiger partial charge in [0.25, 0.3) is 5.91 Å². The second-order valence-electron chi connectivity index (χ2n) is 8.22. The van der Waals surface area contributed by atoms with Crippen molar-refractivity contribution in [2.24, 2.45) is 16.1 Å². The van der Waals surface area contributed by atoms with Gasteiger partial charge in [-0.25, -0.2) is 4.99 Å². The highest BCUT2D eigenvalue weighted by Crippen LogP contribution is 2.62. The minimum atomic E-state index is -2.95. The number of rotatable bonds is 6. The molecule has 1 aromatic carbocycles. The molecule has 1 unspecified atom stereocenters. The summed E-state index contributed by atoms with van der Waals surface area (Å²) in [7, 11) is 3.25. The smallest absolute Gasteiger partial charge is 0.387 e. The van der Waals surface area contributed by atoms with Crippen molar-refractivity contribution >= 4 is 11.9 Å². The summed E-state index contributed by atoms with van der Waals surface area (Å²) in [5, 5.41) is 0. The third kappa shape index (κ3) is 3.06. The Morgan fingerprint density at radius 3 is 2.67 bits per heavy atom. The minimum absolute atomic E-state index is 0.0164. The van der Waals surface area contributed by atoms with Gasteiger partial charge in [-0.2, -0.15) is 8.78 Å². The zero-order valence-electron chi connectivity index (χ0n) is 17.2. The van der Waals surface area contributed by atoms with Crippen LogP contribution >= 0.6 is 0 Å². The van der Waals surface area contributed by atoms with Gasteiger partial charge in [0.2, 0.25) is 0 Å². The summed E-state index contributed by atoms with van der Waals surface area (Å²) >= 11 is 0. The van der Waals surface area contributed by atoms with E-state index in [2.05, 4.69) is 4.74 Å². The Bertz CT molecular complexity index is 855. The van der Waals surface area contributed by atoms with Gasteiger partial charge in [-0.15, -0.1) is 0 Å². The lowest BCUT2D eigenvalue weighted by molar-refractivity contribution is -0.138. The highest BCUT2D eigenvalue weighted by atomic mass is 19.3. The Morgan fingerprint density at radius 1 is 1.30 bits per heavy atom. The average molecular weight is 423 g/mol. The number of fused-ring (bicyclic) bond motifs is 3. The highest BCUT2D eigenvalue weighted by Gasteiger charge is 2.66. The van der Waals surface area contributed by atoms with E-state index in [1.165, 1.54) is 17.0 Å². The molecule has 0 radical (unpaired) electrons. The van der Waals surface area contributed by atoms with Crippen molar-refractivity contribution < 1.29 is 27.8 Å². The number of aliphatic imine (C=N–C) groups is 1. The summed E-state index contributed by atoms with van der Waals surface area (Å²) in [6, 6.07) is 4.82. The lowest BCUT2D eigenvalue weighted by atomic mass is 9.61. The molecular formula is C21H27F2N3O4. The van der Waals surface area contributed by atoms with Crippen LogP contribution in [0.2, 0.25) is 0 Å². The maximum Gasteiger partial charge on any atom is 0.387 e. The number of methoxy groups -OCH3 is 2. The molecule has 4 rings (SSSR count). The maximum atomic E-state index is 13.8. The fourth-order valence-corrected chi connectivity index (χ4v) is 5.42. The Kier molecular flexibility index (Phi) is 5.44.